The highest BCUT2D eigenvalue weighted by molar-refractivity contribution is 5.94. The second-order valence-electron chi connectivity index (χ2n) is 6.98. The van der Waals surface area contributed by atoms with Gasteiger partial charge in [0.25, 0.3) is 0 Å². The van der Waals surface area contributed by atoms with Gasteiger partial charge in [-0.2, -0.15) is 0 Å². The fraction of sp³-hybridized carbons (Fsp3) is 0.217. The number of methoxy groups -OCH3 is 1. The zero-order valence-electron chi connectivity index (χ0n) is 17.5. The average molecular weight is 403 g/mol. The lowest BCUT2D eigenvalue weighted by atomic mass is 9.96. The van der Waals surface area contributed by atoms with Gasteiger partial charge in [-0.25, -0.2) is 9.97 Å². The Bertz CT molecular complexity index is 1040. The molecule has 0 saturated carbocycles. The molecule has 3 N–H and O–H groups in total. The molecule has 154 valence electrons. The van der Waals surface area contributed by atoms with E-state index in [1.807, 2.05) is 45.1 Å². The maximum absolute atomic E-state index is 11.3. The maximum atomic E-state index is 11.3. The molecular weight excluding hydrogens is 378 g/mol. The minimum Gasteiger partial charge on any atom is -0.450 e. The number of carbonyl (C=O) groups is 1. The minimum absolute atomic E-state index is 0.418. The number of amides is 1. The Kier molecular flexibility index (Phi) is 7.48. The van der Waals surface area contributed by atoms with Crippen LogP contribution in [-0.4, -0.2) is 28.0 Å². The van der Waals surface area contributed by atoms with E-state index in [2.05, 4.69) is 31.4 Å². The zero-order valence-corrected chi connectivity index (χ0v) is 17.5. The SMILES string of the molecule is C#COC.Cc1cccnc1C(C)(C)Nc1ncc(-c2cccc(C(N)=O)c2)cn1. The van der Waals surface area contributed by atoms with Crippen molar-refractivity contribution in [2.24, 2.45) is 5.73 Å². The predicted molar refractivity (Wildman–Crippen MR) is 117 cm³/mol. The van der Waals surface area contributed by atoms with Gasteiger partial charge in [0.05, 0.1) is 18.3 Å². The highest BCUT2D eigenvalue weighted by Crippen LogP contribution is 2.25. The lowest BCUT2D eigenvalue weighted by molar-refractivity contribution is 0.100. The zero-order chi connectivity index (χ0) is 22.1. The Balaban J connectivity index is 0.000000735. The number of hydrogen-bond donors (Lipinski definition) is 2. The van der Waals surface area contributed by atoms with E-state index < -0.39 is 11.4 Å². The van der Waals surface area contributed by atoms with E-state index in [0.717, 1.165) is 22.4 Å². The van der Waals surface area contributed by atoms with Crippen molar-refractivity contribution in [3.8, 4) is 23.7 Å². The van der Waals surface area contributed by atoms with E-state index in [1.165, 1.54) is 7.11 Å². The highest BCUT2D eigenvalue weighted by Gasteiger charge is 2.24. The van der Waals surface area contributed by atoms with Gasteiger partial charge in [-0.1, -0.05) is 24.6 Å². The van der Waals surface area contributed by atoms with Gasteiger partial charge >= 0.3 is 0 Å². The van der Waals surface area contributed by atoms with E-state index in [1.54, 1.807) is 36.8 Å². The van der Waals surface area contributed by atoms with Crippen molar-refractivity contribution in [1.82, 2.24) is 15.0 Å². The van der Waals surface area contributed by atoms with Gasteiger partial charge in [0.1, 0.15) is 6.11 Å². The van der Waals surface area contributed by atoms with Gasteiger partial charge in [-0.3, -0.25) is 9.78 Å². The molecule has 2 aromatic heterocycles. The van der Waals surface area contributed by atoms with E-state index >= 15 is 0 Å². The first-order chi connectivity index (χ1) is 14.3. The van der Waals surface area contributed by atoms with Crippen molar-refractivity contribution >= 4 is 11.9 Å². The molecule has 2 heterocycles. The molecule has 3 aromatic rings. The third-order valence-corrected chi connectivity index (χ3v) is 4.28. The van der Waals surface area contributed by atoms with Gasteiger partial charge in [-0.15, -0.1) is 0 Å². The number of hydrogen-bond acceptors (Lipinski definition) is 6. The number of carbonyl (C=O) groups excluding carboxylic acids is 1. The van der Waals surface area contributed by atoms with Crippen LogP contribution in [0.25, 0.3) is 11.1 Å². The van der Waals surface area contributed by atoms with Crippen LogP contribution in [0.15, 0.2) is 55.0 Å². The number of nitrogens with two attached hydrogens (primary N) is 1. The first-order valence-corrected chi connectivity index (χ1v) is 9.19. The Morgan fingerprint density at radius 2 is 1.80 bits per heavy atom. The number of nitrogens with zero attached hydrogens (tertiary/aromatic N) is 3. The molecule has 0 radical (unpaired) electrons. The largest absolute Gasteiger partial charge is 0.450 e. The number of aromatic nitrogens is 3. The molecule has 1 aromatic carbocycles. The second kappa shape index (κ2) is 10.0. The third-order valence-electron chi connectivity index (χ3n) is 4.28. The lowest BCUT2D eigenvalue weighted by Crippen LogP contribution is -2.31. The Hall–Kier alpha value is -3.92. The van der Waals surface area contributed by atoms with Crippen LogP contribution in [0, 0.1) is 19.5 Å². The third kappa shape index (κ3) is 5.79. The van der Waals surface area contributed by atoms with Gasteiger partial charge in [-0.05, 0) is 50.1 Å². The van der Waals surface area contributed by atoms with Gasteiger partial charge in [0.2, 0.25) is 11.9 Å². The standard InChI is InChI=1S/C20H21N5O.C3H4O/c1-13-6-5-9-22-17(13)20(2,3)25-19-23-11-16(12-24-19)14-7-4-8-15(10-14)18(21)26;1-3-4-2/h4-12H,1-3H3,(H2,21,26)(H,23,24,25);1H,2H3. The summed E-state index contributed by atoms with van der Waals surface area (Å²) >= 11 is 0. The number of pyridine rings is 1. The molecule has 0 spiro atoms. The Labute approximate surface area is 176 Å². The first kappa shape index (κ1) is 22.4. The summed E-state index contributed by atoms with van der Waals surface area (Å²) in [5, 5.41) is 3.32. The van der Waals surface area contributed by atoms with Gasteiger partial charge < -0.3 is 15.8 Å². The molecular formula is C23H25N5O2. The highest BCUT2D eigenvalue weighted by atomic mass is 16.5. The van der Waals surface area contributed by atoms with Gasteiger partial charge in [0.15, 0.2) is 0 Å². The van der Waals surface area contributed by atoms with Crippen molar-refractivity contribution in [3.05, 3.63) is 71.8 Å². The molecule has 3 rings (SSSR count). The van der Waals surface area contributed by atoms with Crippen LogP contribution in [0.3, 0.4) is 0 Å². The number of aryl methyl sites for hydroxylation is 1. The maximum Gasteiger partial charge on any atom is 0.248 e. The van der Waals surface area contributed by atoms with Crippen LogP contribution in [0.4, 0.5) is 5.95 Å². The molecule has 0 bridgehead atoms. The topological polar surface area (TPSA) is 103 Å². The van der Waals surface area contributed by atoms with Crippen molar-refractivity contribution in [1.29, 1.82) is 0 Å². The van der Waals surface area contributed by atoms with Crippen LogP contribution in [0.2, 0.25) is 0 Å². The first-order valence-electron chi connectivity index (χ1n) is 9.19. The average Bonchev–Trinajstić information content (AvgIpc) is 2.74. The monoisotopic (exact) mass is 403 g/mol. The second-order valence-corrected chi connectivity index (χ2v) is 6.98. The van der Waals surface area contributed by atoms with Crippen molar-refractivity contribution in [3.63, 3.8) is 0 Å². The van der Waals surface area contributed by atoms with Crippen molar-refractivity contribution in [2.75, 3.05) is 12.4 Å². The summed E-state index contributed by atoms with van der Waals surface area (Å²) in [7, 11) is 1.44. The number of ether oxygens (including phenoxy) is 1. The van der Waals surface area contributed by atoms with Crippen LogP contribution in [-0.2, 0) is 10.3 Å². The summed E-state index contributed by atoms with van der Waals surface area (Å²) in [6.07, 6.45) is 11.7. The molecule has 0 aliphatic heterocycles. The molecule has 0 unspecified atom stereocenters. The molecule has 1 amide bonds. The summed E-state index contributed by atoms with van der Waals surface area (Å²) < 4.78 is 4.07. The number of nitrogens with one attached hydrogen (secondary N) is 1. The summed E-state index contributed by atoms with van der Waals surface area (Å²) in [6.45, 7) is 6.10. The molecule has 7 nitrogen and oxygen atoms in total. The molecule has 0 fully saturated rings. The predicted octanol–water partition coefficient (Wildman–Crippen LogP) is 3.52. The molecule has 0 atom stereocenters. The Morgan fingerprint density at radius 3 is 2.37 bits per heavy atom. The molecule has 0 aliphatic rings. The van der Waals surface area contributed by atoms with E-state index in [0.29, 0.717) is 11.5 Å². The van der Waals surface area contributed by atoms with Crippen LogP contribution in [0.5, 0.6) is 0 Å². The van der Waals surface area contributed by atoms with Crippen LogP contribution in [0.1, 0.15) is 35.5 Å². The fourth-order valence-corrected chi connectivity index (χ4v) is 2.87. The lowest BCUT2D eigenvalue weighted by Gasteiger charge is -2.27. The van der Waals surface area contributed by atoms with E-state index in [4.69, 9.17) is 5.73 Å². The number of terminal acetylenes is 1. The molecule has 0 aliphatic carbocycles. The minimum atomic E-state index is -0.460. The number of rotatable bonds is 5. The van der Waals surface area contributed by atoms with E-state index in [9.17, 15) is 4.79 Å². The molecule has 7 heteroatoms. The number of benzene rings is 1. The molecule has 30 heavy (non-hydrogen) atoms. The van der Waals surface area contributed by atoms with Gasteiger partial charge in [0, 0.05) is 29.7 Å². The summed E-state index contributed by atoms with van der Waals surface area (Å²) in [5.74, 6) is 0.0494. The number of primary amides is 1. The smallest absolute Gasteiger partial charge is 0.248 e. The van der Waals surface area contributed by atoms with Crippen LogP contribution < -0.4 is 11.1 Å². The summed E-state index contributed by atoms with van der Waals surface area (Å²) in [5.41, 5.74) is 9.07. The Morgan fingerprint density at radius 1 is 1.13 bits per heavy atom. The van der Waals surface area contributed by atoms with Crippen LogP contribution >= 0.6 is 0 Å². The quantitative estimate of drug-likeness (QED) is 0.632. The normalized spacial score (nSPS) is 10.2. The summed E-state index contributed by atoms with van der Waals surface area (Å²) in [6, 6.07) is 11.0. The summed E-state index contributed by atoms with van der Waals surface area (Å²) in [4.78, 5) is 24.6. The van der Waals surface area contributed by atoms with Crippen molar-refractivity contribution < 1.29 is 9.53 Å². The number of anilines is 1. The molecule has 0 saturated heterocycles. The van der Waals surface area contributed by atoms with E-state index in [-0.39, 0.29) is 0 Å². The van der Waals surface area contributed by atoms with Crippen molar-refractivity contribution in [2.45, 2.75) is 26.3 Å². The fourth-order valence-electron chi connectivity index (χ4n) is 2.87.